The van der Waals surface area contributed by atoms with Crippen LogP contribution < -0.4 is 0 Å². The normalized spacial score (nSPS) is 10.2. The van der Waals surface area contributed by atoms with Gasteiger partial charge in [0.1, 0.15) is 0 Å². The van der Waals surface area contributed by atoms with Gasteiger partial charge in [-0.1, -0.05) is 0 Å². The fourth-order valence-corrected chi connectivity index (χ4v) is 1.55. The summed E-state index contributed by atoms with van der Waals surface area (Å²) in [6, 6.07) is 0. The van der Waals surface area contributed by atoms with Crippen LogP contribution in [0.15, 0.2) is 0 Å². The third-order valence-corrected chi connectivity index (χ3v) is 2.15. The van der Waals surface area contributed by atoms with Gasteiger partial charge in [0.05, 0.1) is 0 Å². The number of carbonyl (C=O) groups is 1. The molecule has 0 atom stereocenters. The highest BCUT2D eigenvalue weighted by Gasteiger charge is 2.08. The quantitative estimate of drug-likeness (QED) is 0.779. The van der Waals surface area contributed by atoms with E-state index in [1.807, 2.05) is 0 Å². The van der Waals surface area contributed by atoms with Gasteiger partial charge in [-0.2, -0.15) is 0 Å². The largest absolute Gasteiger partial charge is 0.481 e. The second-order valence-corrected chi connectivity index (χ2v) is 3.37. The molecule has 0 amide bonds. The zero-order valence-electron chi connectivity index (χ0n) is 8.04. The predicted molar refractivity (Wildman–Crippen MR) is 52.5 cm³/mol. The Morgan fingerprint density at radius 2 is 1.86 bits per heavy atom. The summed E-state index contributed by atoms with van der Waals surface area (Å²) < 4.78 is 0. The molecule has 0 aromatic carbocycles. The average molecular weight is 215 g/mol. The minimum atomic E-state index is -0.821. The number of nitrogens with zero attached hydrogens (tertiary/aromatic N) is 2. The topological polar surface area (TPSA) is 63.1 Å². The molecule has 1 aromatic rings. The molecule has 0 bridgehead atoms. The van der Waals surface area contributed by atoms with Gasteiger partial charge in [-0.05, 0) is 37.4 Å². The van der Waals surface area contributed by atoms with Crippen LogP contribution in [0.3, 0.4) is 0 Å². The molecule has 0 radical (unpaired) electrons. The first kappa shape index (κ1) is 10.9. The molecule has 0 aliphatic heterocycles. The molecule has 0 aliphatic carbocycles. The maximum absolute atomic E-state index is 10.4. The van der Waals surface area contributed by atoms with Crippen molar-refractivity contribution in [1.82, 2.24) is 9.97 Å². The zero-order valence-corrected chi connectivity index (χ0v) is 8.80. The maximum atomic E-state index is 10.4. The van der Waals surface area contributed by atoms with Crippen LogP contribution in [-0.2, 0) is 11.2 Å². The van der Waals surface area contributed by atoms with E-state index < -0.39 is 5.97 Å². The number of carboxylic acid groups (broad SMARTS) is 1. The number of aromatic nitrogens is 2. The summed E-state index contributed by atoms with van der Waals surface area (Å²) in [6.45, 7) is 3.61. The highest BCUT2D eigenvalue weighted by Crippen LogP contribution is 2.14. The third-order valence-electron chi connectivity index (χ3n) is 1.98. The highest BCUT2D eigenvalue weighted by molar-refractivity contribution is 6.28. The van der Waals surface area contributed by atoms with Gasteiger partial charge in [0.15, 0.2) is 0 Å². The first-order valence-corrected chi connectivity index (χ1v) is 4.60. The Kier molecular flexibility index (Phi) is 3.41. The first-order chi connectivity index (χ1) is 6.50. The number of rotatable bonds is 3. The highest BCUT2D eigenvalue weighted by atomic mass is 35.5. The molecule has 1 N–H and O–H groups in total. The van der Waals surface area contributed by atoms with Crippen LogP contribution in [0.2, 0.25) is 5.28 Å². The Bertz CT molecular complexity index is 343. The van der Waals surface area contributed by atoms with Crippen LogP contribution >= 0.6 is 11.6 Å². The number of halogens is 1. The standard InChI is InChI=1S/C9H11ClN2O2/c1-5-7(3-4-8(13)14)6(2)12-9(10)11-5/h3-4H2,1-2H3,(H,13,14). The first-order valence-electron chi connectivity index (χ1n) is 4.22. The Morgan fingerprint density at radius 3 is 2.29 bits per heavy atom. The van der Waals surface area contributed by atoms with Crippen molar-refractivity contribution >= 4 is 17.6 Å². The lowest BCUT2D eigenvalue weighted by Gasteiger charge is -2.06. The lowest BCUT2D eigenvalue weighted by molar-refractivity contribution is -0.136. The summed E-state index contributed by atoms with van der Waals surface area (Å²) in [7, 11) is 0. The number of hydrogen-bond acceptors (Lipinski definition) is 3. The van der Waals surface area contributed by atoms with Gasteiger partial charge in [0.2, 0.25) is 5.28 Å². The third kappa shape index (κ3) is 2.67. The summed E-state index contributed by atoms with van der Waals surface area (Å²) in [6.07, 6.45) is 0.539. The summed E-state index contributed by atoms with van der Waals surface area (Å²) in [5, 5.41) is 8.75. The van der Waals surface area contributed by atoms with Crippen molar-refractivity contribution in [2.24, 2.45) is 0 Å². The molecule has 0 saturated carbocycles. The van der Waals surface area contributed by atoms with Crippen molar-refractivity contribution in [2.75, 3.05) is 0 Å². The van der Waals surface area contributed by atoms with E-state index >= 15 is 0 Å². The fraction of sp³-hybridized carbons (Fsp3) is 0.444. The molecule has 1 aromatic heterocycles. The van der Waals surface area contributed by atoms with Gasteiger partial charge < -0.3 is 5.11 Å². The molecule has 76 valence electrons. The lowest BCUT2D eigenvalue weighted by atomic mass is 10.1. The number of aryl methyl sites for hydroxylation is 2. The van der Waals surface area contributed by atoms with E-state index in [4.69, 9.17) is 16.7 Å². The number of aliphatic carboxylic acids is 1. The molecule has 0 aliphatic rings. The summed E-state index contributed by atoms with van der Waals surface area (Å²) in [5.74, 6) is -0.821. The molecule has 0 saturated heterocycles. The van der Waals surface area contributed by atoms with E-state index in [0.29, 0.717) is 6.42 Å². The minimum Gasteiger partial charge on any atom is -0.481 e. The predicted octanol–water partition coefficient (Wildman–Crippen LogP) is 1.76. The van der Waals surface area contributed by atoms with Gasteiger partial charge in [0.25, 0.3) is 0 Å². The van der Waals surface area contributed by atoms with Crippen molar-refractivity contribution < 1.29 is 9.90 Å². The molecular weight excluding hydrogens is 204 g/mol. The fourth-order valence-electron chi connectivity index (χ4n) is 1.29. The molecule has 14 heavy (non-hydrogen) atoms. The van der Waals surface area contributed by atoms with Crippen LogP contribution in [0.5, 0.6) is 0 Å². The summed E-state index contributed by atoms with van der Waals surface area (Å²) in [5.41, 5.74) is 2.38. The van der Waals surface area contributed by atoms with E-state index in [-0.39, 0.29) is 11.7 Å². The minimum absolute atomic E-state index is 0.0900. The summed E-state index contributed by atoms with van der Waals surface area (Å²) in [4.78, 5) is 18.3. The van der Waals surface area contributed by atoms with E-state index in [2.05, 4.69) is 9.97 Å². The van der Waals surface area contributed by atoms with Crippen molar-refractivity contribution in [1.29, 1.82) is 0 Å². The molecular formula is C9H11ClN2O2. The van der Waals surface area contributed by atoms with Crippen molar-refractivity contribution in [3.63, 3.8) is 0 Å². The Labute approximate surface area is 87.0 Å². The van der Waals surface area contributed by atoms with Gasteiger partial charge in [-0.3, -0.25) is 4.79 Å². The van der Waals surface area contributed by atoms with E-state index in [0.717, 1.165) is 17.0 Å². The molecule has 5 heteroatoms. The summed E-state index contributed by atoms with van der Waals surface area (Å²) >= 11 is 5.65. The van der Waals surface area contributed by atoms with Crippen LogP contribution in [0.25, 0.3) is 0 Å². The van der Waals surface area contributed by atoms with E-state index in [1.54, 1.807) is 13.8 Å². The Morgan fingerprint density at radius 1 is 1.36 bits per heavy atom. The number of carboxylic acids is 1. The molecule has 1 rings (SSSR count). The van der Waals surface area contributed by atoms with Crippen LogP contribution in [0.1, 0.15) is 23.4 Å². The van der Waals surface area contributed by atoms with Crippen molar-refractivity contribution in [3.05, 3.63) is 22.2 Å². The molecule has 0 spiro atoms. The lowest BCUT2D eigenvalue weighted by Crippen LogP contribution is -2.04. The van der Waals surface area contributed by atoms with Gasteiger partial charge >= 0.3 is 5.97 Å². The van der Waals surface area contributed by atoms with Crippen LogP contribution in [0.4, 0.5) is 0 Å². The monoisotopic (exact) mass is 214 g/mol. The van der Waals surface area contributed by atoms with Crippen LogP contribution in [0, 0.1) is 13.8 Å². The Balaban J connectivity index is 2.91. The van der Waals surface area contributed by atoms with E-state index in [1.165, 1.54) is 0 Å². The Hall–Kier alpha value is -1.16. The van der Waals surface area contributed by atoms with Crippen molar-refractivity contribution in [3.8, 4) is 0 Å². The molecule has 0 unspecified atom stereocenters. The van der Waals surface area contributed by atoms with Crippen LogP contribution in [-0.4, -0.2) is 21.0 Å². The van der Waals surface area contributed by atoms with Gasteiger partial charge in [0, 0.05) is 17.8 Å². The SMILES string of the molecule is Cc1nc(Cl)nc(C)c1CCC(=O)O. The van der Waals surface area contributed by atoms with E-state index in [9.17, 15) is 4.79 Å². The molecule has 0 fully saturated rings. The smallest absolute Gasteiger partial charge is 0.303 e. The second kappa shape index (κ2) is 4.37. The molecule has 1 heterocycles. The number of hydrogen-bond donors (Lipinski definition) is 1. The zero-order chi connectivity index (χ0) is 10.7. The van der Waals surface area contributed by atoms with Gasteiger partial charge in [-0.25, -0.2) is 9.97 Å². The average Bonchev–Trinajstić information content (AvgIpc) is 2.01. The van der Waals surface area contributed by atoms with Crippen molar-refractivity contribution in [2.45, 2.75) is 26.7 Å². The maximum Gasteiger partial charge on any atom is 0.303 e. The van der Waals surface area contributed by atoms with Gasteiger partial charge in [-0.15, -0.1) is 0 Å². The second-order valence-electron chi connectivity index (χ2n) is 3.04. The molecule has 4 nitrogen and oxygen atoms in total.